The van der Waals surface area contributed by atoms with Gasteiger partial charge in [-0.05, 0) is 61.3 Å². The largest absolute Gasteiger partial charge is 0.317 e. The van der Waals surface area contributed by atoms with Gasteiger partial charge in [0.25, 0.3) is 0 Å². The molecule has 0 bridgehead atoms. The maximum Gasteiger partial charge on any atom is 0.126 e. The van der Waals surface area contributed by atoms with Crippen LogP contribution in [0.5, 0.6) is 0 Å². The zero-order chi connectivity index (χ0) is 14.9. The fraction of sp³-hybridized carbons (Fsp3) is 0.667. The smallest absolute Gasteiger partial charge is 0.126 e. The van der Waals surface area contributed by atoms with E-state index in [4.69, 9.17) is 0 Å². The highest BCUT2D eigenvalue weighted by molar-refractivity contribution is 5.31. The number of benzene rings is 1. The van der Waals surface area contributed by atoms with Crippen molar-refractivity contribution in [3.63, 3.8) is 0 Å². The maximum atomic E-state index is 13.5. The number of aryl methyl sites for hydroxylation is 1. The third kappa shape index (κ3) is 2.90. The quantitative estimate of drug-likeness (QED) is 0.861. The second-order valence-corrected chi connectivity index (χ2v) is 7.11. The molecular formula is C18H28FN. The van der Waals surface area contributed by atoms with Crippen molar-refractivity contribution in [2.45, 2.75) is 58.4 Å². The third-order valence-corrected chi connectivity index (χ3v) is 5.31. The van der Waals surface area contributed by atoms with Gasteiger partial charge in [-0.2, -0.15) is 0 Å². The summed E-state index contributed by atoms with van der Waals surface area (Å²) in [4.78, 5) is 0. The summed E-state index contributed by atoms with van der Waals surface area (Å²) < 4.78 is 13.5. The summed E-state index contributed by atoms with van der Waals surface area (Å²) in [6, 6.07) is 6.17. The fourth-order valence-electron chi connectivity index (χ4n) is 3.82. The van der Waals surface area contributed by atoms with E-state index in [1.165, 1.54) is 24.8 Å². The van der Waals surface area contributed by atoms with Crippen molar-refractivity contribution in [1.29, 1.82) is 0 Å². The van der Waals surface area contributed by atoms with E-state index in [0.717, 1.165) is 11.5 Å². The molecule has 1 nitrogen and oxygen atoms in total. The first-order valence-corrected chi connectivity index (χ1v) is 7.80. The second-order valence-electron chi connectivity index (χ2n) is 7.11. The molecule has 0 aliphatic heterocycles. The molecule has 1 aromatic carbocycles. The van der Waals surface area contributed by atoms with E-state index < -0.39 is 0 Å². The van der Waals surface area contributed by atoms with E-state index >= 15 is 0 Å². The molecule has 1 saturated carbocycles. The predicted molar refractivity (Wildman–Crippen MR) is 83.5 cm³/mol. The molecule has 3 atom stereocenters. The van der Waals surface area contributed by atoms with Crippen molar-refractivity contribution in [3.8, 4) is 0 Å². The highest BCUT2D eigenvalue weighted by atomic mass is 19.1. The van der Waals surface area contributed by atoms with Crippen LogP contribution in [0.4, 0.5) is 4.39 Å². The van der Waals surface area contributed by atoms with Crippen LogP contribution >= 0.6 is 0 Å². The molecule has 1 aliphatic carbocycles. The van der Waals surface area contributed by atoms with Crippen LogP contribution in [0.15, 0.2) is 18.2 Å². The van der Waals surface area contributed by atoms with Crippen molar-refractivity contribution >= 4 is 0 Å². The molecule has 1 aromatic rings. The van der Waals surface area contributed by atoms with Gasteiger partial charge in [0.2, 0.25) is 0 Å². The number of nitrogens with one attached hydrogen (secondary N) is 1. The van der Waals surface area contributed by atoms with Gasteiger partial charge in [0.1, 0.15) is 5.82 Å². The molecule has 0 spiro atoms. The highest BCUT2D eigenvalue weighted by Crippen LogP contribution is 2.42. The molecule has 0 amide bonds. The summed E-state index contributed by atoms with van der Waals surface area (Å²) in [6.07, 6.45) is 3.79. The lowest BCUT2D eigenvalue weighted by Crippen LogP contribution is -2.47. The van der Waals surface area contributed by atoms with Crippen molar-refractivity contribution in [2.24, 2.45) is 11.8 Å². The van der Waals surface area contributed by atoms with E-state index in [0.29, 0.717) is 12.0 Å². The summed E-state index contributed by atoms with van der Waals surface area (Å²) in [6.45, 7) is 8.82. The maximum absolute atomic E-state index is 13.5. The minimum absolute atomic E-state index is 0.0757. The number of halogens is 1. The molecular weight excluding hydrogens is 249 g/mol. The van der Waals surface area contributed by atoms with E-state index in [2.05, 4.69) is 33.1 Å². The molecule has 0 heterocycles. The molecule has 3 unspecified atom stereocenters. The lowest BCUT2D eigenvalue weighted by molar-refractivity contribution is 0.151. The fourth-order valence-corrected chi connectivity index (χ4v) is 3.82. The summed E-state index contributed by atoms with van der Waals surface area (Å²) >= 11 is 0. The summed E-state index contributed by atoms with van der Waals surface area (Å²) in [5.41, 5.74) is 2.09. The van der Waals surface area contributed by atoms with Crippen LogP contribution in [-0.2, 0) is 5.41 Å². The Morgan fingerprint density at radius 2 is 1.95 bits per heavy atom. The monoisotopic (exact) mass is 277 g/mol. The van der Waals surface area contributed by atoms with Gasteiger partial charge in [0.15, 0.2) is 0 Å². The lowest BCUT2D eigenvalue weighted by Gasteiger charge is -2.44. The molecule has 1 aliphatic rings. The van der Waals surface area contributed by atoms with Crippen LogP contribution in [-0.4, -0.2) is 13.1 Å². The number of hydrogen-bond acceptors (Lipinski definition) is 1. The Balaban J connectivity index is 2.30. The molecule has 0 saturated heterocycles. The van der Waals surface area contributed by atoms with Gasteiger partial charge in [-0.25, -0.2) is 4.39 Å². The average molecular weight is 277 g/mol. The van der Waals surface area contributed by atoms with Gasteiger partial charge < -0.3 is 5.32 Å². The van der Waals surface area contributed by atoms with Gasteiger partial charge in [-0.15, -0.1) is 0 Å². The molecule has 112 valence electrons. The van der Waals surface area contributed by atoms with Crippen LogP contribution in [0.2, 0.25) is 0 Å². The summed E-state index contributed by atoms with van der Waals surface area (Å²) in [5.74, 6) is 1.30. The van der Waals surface area contributed by atoms with E-state index in [9.17, 15) is 4.39 Å². The van der Waals surface area contributed by atoms with E-state index in [-0.39, 0.29) is 11.2 Å². The normalized spacial score (nSPS) is 27.6. The standard InChI is InChI=1S/C18H28FN/c1-12-6-8-15(17(10-12)20-5)18(3,4)14-7-9-16(19)13(2)11-14/h7,9,11-12,15,17,20H,6,8,10H2,1-5H3. The molecule has 1 N–H and O–H groups in total. The van der Waals surface area contributed by atoms with Crippen molar-refractivity contribution in [1.82, 2.24) is 5.32 Å². The van der Waals surface area contributed by atoms with Crippen molar-refractivity contribution in [3.05, 3.63) is 35.1 Å². The van der Waals surface area contributed by atoms with Crippen LogP contribution in [0.3, 0.4) is 0 Å². The molecule has 2 rings (SSSR count). The SMILES string of the molecule is CNC1CC(C)CCC1C(C)(C)c1ccc(F)c(C)c1. The van der Waals surface area contributed by atoms with Crippen LogP contribution < -0.4 is 5.32 Å². The first-order valence-electron chi connectivity index (χ1n) is 7.80. The Bertz CT molecular complexity index is 466. The van der Waals surface area contributed by atoms with Crippen LogP contribution in [0.1, 0.15) is 51.2 Å². The minimum Gasteiger partial charge on any atom is -0.317 e. The predicted octanol–water partition coefficient (Wildman–Crippen LogP) is 4.44. The zero-order valence-corrected chi connectivity index (χ0v) is 13.5. The van der Waals surface area contributed by atoms with Crippen LogP contribution in [0.25, 0.3) is 0 Å². The Hall–Kier alpha value is -0.890. The van der Waals surface area contributed by atoms with Gasteiger partial charge in [0.05, 0.1) is 0 Å². The first-order chi connectivity index (χ1) is 9.36. The van der Waals surface area contributed by atoms with Crippen molar-refractivity contribution in [2.75, 3.05) is 7.05 Å². The number of rotatable bonds is 3. The molecule has 2 heteroatoms. The lowest BCUT2D eigenvalue weighted by atomic mass is 9.63. The zero-order valence-electron chi connectivity index (χ0n) is 13.5. The van der Waals surface area contributed by atoms with Crippen molar-refractivity contribution < 1.29 is 4.39 Å². The van der Waals surface area contributed by atoms with Crippen LogP contribution in [0, 0.1) is 24.6 Å². The van der Waals surface area contributed by atoms with Gasteiger partial charge in [0, 0.05) is 6.04 Å². The van der Waals surface area contributed by atoms with E-state index in [1.807, 2.05) is 19.1 Å². The molecule has 0 aromatic heterocycles. The molecule has 1 fully saturated rings. The second kappa shape index (κ2) is 5.85. The van der Waals surface area contributed by atoms with Gasteiger partial charge in [-0.1, -0.05) is 39.3 Å². The minimum atomic E-state index is -0.105. The first kappa shape index (κ1) is 15.5. The van der Waals surface area contributed by atoms with E-state index in [1.54, 1.807) is 6.07 Å². The Morgan fingerprint density at radius 1 is 1.25 bits per heavy atom. The summed E-state index contributed by atoms with van der Waals surface area (Å²) in [5, 5.41) is 3.51. The highest BCUT2D eigenvalue weighted by Gasteiger charge is 2.39. The Kier molecular flexibility index (Phi) is 4.53. The Labute approximate surface area is 123 Å². The summed E-state index contributed by atoms with van der Waals surface area (Å²) in [7, 11) is 2.07. The average Bonchev–Trinajstić information content (AvgIpc) is 2.41. The van der Waals surface area contributed by atoms with Gasteiger partial charge in [-0.3, -0.25) is 0 Å². The van der Waals surface area contributed by atoms with Gasteiger partial charge >= 0.3 is 0 Å². The molecule has 20 heavy (non-hydrogen) atoms. The number of hydrogen-bond donors (Lipinski definition) is 1. The topological polar surface area (TPSA) is 12.0 Å². The Morgan fingerprint density at radius 3 is 2.55 bits per heavy atom. The third-order valence-electron chi connectivity index (χ3n) is 5.31. The molecule has 0 radical (unpaired) electrons.